The zero-order chi connectivity index (χ0) is 12.1. The highest BCUT2D eigenvalue weighted by Crippen LogP contribution is 2.31. The van der Waals surface area contributed by atoms with Gasteiger partial charge in [0.25, 0.3) is 0 Å². The molecule has 16 heavy (non-hydrogen) atoms. The summed E-state index contributed by atoms with van der Waals surface area (Å²) in [7, 11) is 0. The van der Waals surface area contributed by atoms with Gasteiger partial charge in [0.15, 0.2) is 0 Å². The third kappa shape index (κ3) is 4.03. The minimum Gasteiger partial charge on any atom is -0.398 e. The number of carbonyl (C=O) groups excluding carboxylic acids is 1. The third-order valence-corrected chi connectivity index (χ3v) is 3.62. The molecule has 0 aliphatic carbocycles. The molecule has 0 aliphatic heterocycles. The smallest absolute Gasteiger partial charge is 0.234 e. The molecule has 1 amide bonds. The van der Waals surface area contributed by atoms with E-state index in [9.17, 15) is 4.79 Å². The molecule has 0 saturated carbocycles. The van der Waals surface area contributed by atoms with Gasteiger partial charge in [-0.05, 0) is 18.2 Å². The van der Waals surface area contributed by atoms with E-state index in [2.05, 4.69) is 21.4 Å². The Morgan fingerprint density at radius 2 is 2.31 bits per heavy atom. The number of nitrogens with two attached hydrogens (primary N) is 2. The van der Waals surface area contributed by atoms with E-state index in [-0.39, 0.29) is 11.2 Å². The highest BCUT2D eigenvalue weighted by atomic mass is 79.9. The third-order valence-electron chi connectivity index (χ3n) is 1.93. The first kappa shape index (κ1) is 13.3. The van der Waals surface area contributed by atoms with Gasteiger partial charge in [0, 0.05) is 26.7 Å². The molecular formula is C10H14BrN3OS. The Morgan fingerprint density at radius 3 is 2.88 bits per heavy atom. The molecule has 0 aliphatic rings. The summed E-state index contributed by atoms with van der Waals surface area (Å²) in [6.45, 7) is 1.96. The second-order valence-corrected chi connectivity index (χ2v) is 5.78. The monoisotopic (exact) mass is 303 g/mol. The maximum atomic E-state index is 11.1. The summed E-state index contributed by atoms with van der Waals surface area (Å²) in [6.07, 6.45) is 0.372. The van der Waals surface area contributed by atoms with Gasteiger partial charge in [-0.2, -0.15) is 0 Å². The molecular weight excluding hydrogens is 290 g/mol. The van der Waals surface area contributed by atoms with Crippen molar-refractivity contribution in [2.75, 3.05) is 5.73 Å². The molecule has 1 aromatic rings. The van der Waals surface area contributed by atoms with Crippen LogP contribution in [0.15, 0.2) is 27.6 Å². The minimum atomic E-state index is -0.171. The number of carbonyl (C=O) groups is 1. The Hall–Kier alpha value is -0.720. The van der Waals surface area contributed by atoms with Gasteiger partial charge in [-0.1, -0.05) is 22.9 Å². The molecule has 0 spiro atoms. The van der Waals surface area contributed by atoms with Crippen LogP contribution in [0.1, 0.15) is 13.3 Å². The zero-order valence-corrected chi connectivity index (χ0v) is 11.3. The first-order chi connectivity index (χ1) is 7.52. The number of halogens is 1. The maximum absolute atomic E-state index is 11.1. The van der Waals surface area contributed by atoms with Gasteiger partial charge in [-0.15, -0.1) is 11.8 Å². The first-order valence-electron chi connectivity index (χ1n) is 4.74. The van der Waals surface area contributed by atoms with E-state index >= 15 is 0 Å². The summed E-state index contributed by atoms with van der Waals surface area (Å²) >= 11 is 4.90. The molecule has 0 fully saturated rings. The largest absolute Gasteiger partial charge is 0.398 e. The van der Waals surface area contributed by atoms with E-state index in [4.69, 9.17) is 11.6 Å². The van der Waals surface area contributed by atoms with Crippen LogP contribution in [0.25, 0.3) is 0 Å². The molecule has 6 heteroatoms. The van der Waals surface area contributed by atoms with Crippen LogP contribution >= 0.6 is 27.7 Å². The molecule has 1 rings (SSSR count). The van der Waals surface area contributed by atoms with Crippen LogP contribution in [0, 0.1) is 0 Å². The van der Waals surface area contributed by atoms with E-state index in [1.54, 1.807) is 11.8 Å². The van der Waals surface area contributed by atoms with E-state index in [1.807, 2.05) is 25.1 Å². The topological polar surface area (TPSA) is 81.1 Å². The van der Waals surface area contributed by atoms with Gasteiger partial charge < -0.3 is 5.73 Å². The summed E-state index contributed by atoms with van der Waals surface area (Å²) in [5.74, 6) is 4.85. The fourth-order valence-corrected chi connectivity index (χ4v) is 2.59. The predicted octanol–water partition coefficient (Wildman–Crippen LogP) is 1.89. The number of hydrazine groups is 1. The van der Waals surface area contributed by atoms with Crippen molar-refractivity contribution in [3.8, 4) is 0 Å². The highest BCUT2D eigenvalue weighted by molar-refractivity contribution is 9.10. The number of benzene rings is 1. The van der Waals surface area contributed by atoms with Crippen molar-refractivity contribution in [2.45, 2.75) is 23.5 Å². The summed E-state index contributed by atoms with van der Waals surface area (Å²) in [4.78, 5) is 12.0. The van der Waals surface area contributed by atoms with Crippen molar-refractivity contribution in [1.82, 2.24) is 5.43 Å². The number of hydrogen-bond donors (Lipinski definition) is 3. The lowest BCUT2D eigenvalue weighted by atomic mass is 10.3. The van der Waals surface area contributed by atoms with Crippen molar-refractivity contribution in [3.63, 3.8) is 0 Å². The number of nitrogen functional groups attached to an aromatic ring is 1. The fraction of sp³-hybridized carbons (Fsp3) is 0.300. The molecule has 5 N–H and O–H groups in total. The zero-order valence-electron chi connectivity index (χ0n) is 8.87. The Kier molecular flexibility index (Phi) is 5.11. The number of anilines is 1. The van der Waals surface area contributed by atoms with Crippen LogP contribution in [0.5, 0.6) is 0 Å². The van der Waals surface area contributed by atoms with Crippen LogP contribution in [-0.2, 0) is 4.79 Å². The minimum absolute atomic E-state index is 0.132. The van der Waals surface area contributed by atoms with Crippen molar-refractivity contribution < 1.29 is 4.79 Å². The standard InChI is InChI=1S/C10H14BrN3OS/c1-6(4-10(15)14-13)16-9-3-2-7(11)5-8(9)12/h2-3,5-6H,4,12-13H2,1H3,(H,14,15). The Labute approximate surface area is 107 Å². The number of hydrogen-bond acceptors (Lipinski definition) is 4. The predicted molar refractivity (Wildman–Crippen MR) is 70.8 cm³/mol. The van der Waals surface area contributed by atoms with Gasteiger partial charge in [0.05, 0.1) is 0 Å². The van der Waals surface area contributed by atoms with E-state index < -0.39 is 0 Å². The fourth-order valence-electron chi connectivity index (χ4n) is 1.21. The van der Waals surface area contributed by atoms with Gasteiger partial charge in [0.1, 0.15) is 0 Å². The number of rotatable bonds is 4. The summed E-state index contributed by atoms with van der Waals surface area (Å²) in [5, 5.41) is 0.132. The first-order valence-corrected chi connectivity index (χ1v) is 6.41. The lowest BCUT2D eigenvalue weighted by Crippen LogP contribution is -2.31. The molecule has 4 nitrogen and oxygen atoms in total. The molecule has 1 unspecified atom stereocenters. The molecule has 1 atom stereocenters. The van der Waals surface area contributed by atoms with Gasteiger partial charge in [0.2, 0.25) is 5.91 Å². The van der Waals surface area contributed by atoms with Crippen LogP contribution in [-0.4, -0.2) is 11.2 Å². The molecule has 0 saturated heterocycles. The lowest BCUT2D eigenvalue weighted by molar-refractivity contribution is -0.121. The van der Waals surface area contributed by atoms with E-state index in [1.165, 1.54) is 0 Å². The second-order valence-electron chi connectivity index (χ2n) is 3.38. The Bertz CT molecular complexity index is 386. The van der Waals surface area contributed by atoms with Crippen LogP contribution in [0.3, 0.4) is 0 Å². The molecule has 1 aromatic carbocycles. The number of thioether (sulfide) groups is 1. The number of amides is 1. The van der Waals surface area contributed by atoms with Gasteiger partial charge in [-0.25, -0.2) is 5.84 Å². The quantitative estimate of drug-likeness (QED) is 0.261. The second kappa shape index (κ2) is 6.12. The lowest BCUT2D eigenvalue weighted by Gasteiger charge is -2.11. The maximum Gasteiger partial charge on any atom is 0.234 e. The van der Waals surface area contributed by atoms with Crippen molar-refractivity contribution in [1.29, 1.82) is 0 Å². The highest BCUT2D eigenvalue weighted by Gasteiger charge is 2.11. The van der Waals surface area contributed by atoms with Crippen LogP contribution < -0.4 is 17.0 Å². The average molecular weight is 304 g/mol. The molecule has 0 heterocycles. The van der Waals surface area contributed by atoms with Crippen molar-refractivity contribution in [2.24, 2.45) is 5.84 Å². The molecule has 0 aromatic heterocycles. The van der Waals surface area contributed by atoms with Gasteiger partial charge in [-0.3, -0.25) is 10.2 Å². The Balaban J connectivity index is 2.62. The van der Waals surface area contributed by atoms with E-state index in [0.29, 0.717) is 12.1 Å². The van der Waals surface area contributed by atoms with Crippen molar-refractivity contribution >= 4 is 39.3 Å². The Morgan fingerprint density at radius 1 is 1.62 bits per heavy atom. The number of nitrogens with one attached hydrogen (secondary N) is 1. The molecule has 0 bridgehead atoms. The summed E-state index contributed by atoms with van der Waals surface area (Å²) in [5.41, 5.74) is 8.68. The van der Waals surface area contributed by atoms with Crippen molar-refractivity contribution in [3.05, 3.63) is 22.7 Å². The van der Waals surface area contributed by atoms with Gasteiger partial charge >= 0.3 is 0 Å². The van der Waals surface area contributed by atoms with Crippen LogP contribution in [0.4, 0.5) is 5.69 Å². The van der Waals surface area contributed by atoms with E-state index in [0.717, 1.165) is 9.37 Å². The van der Waals surface area contributed by atoms with Crippen LogP contribution in [0.2, 0.25) is 0 Å². The average Bonchev–Trinajstić information content (AvgIpc) is 2.22. The summed E-state index contributed by atoms with van der Waals surface area (Å²) in [6, 6.07) is 5.70. The summed E-state index contributed by atoms with van der Waals surface area (Å²) < 4.78 is 0.946. The molecule has 0 radical (unpaired) electrons. The normalized spacial score (nSPS) is 12.2. The molecule has 88 valence electrons. The SMILES string of the molecule is CC(CC(=O)NN)Sc1ccc(Br)cc1N.